The number of aryl methyl sites for hydroxylation is 1. The van der Waals surface area contributed by atoms with Gasteiger partial charge >= 0.3 is 0 Å². The van der Waals surface area contributed by atoms with E-state index in [1.54, 1.807) is 24.3 Å². The Hall–Kier alpha value is -3.15. The van der Waals surface area contributed by atoms with Crippen LogP contribution in [0.2, 0.25) is 0 Å². The molecule has 1 aromatic heterocycles. The van der Waals surface area contributed by atoms with E-state index in [-0.39, 0.29) is 5.75 Å². The lowest BCUT2D eigenvalue weighted by molar-refractivity contribution is 0.397. The number of hydrogen-bond acceptors (Lipinski definition) is 4. The highest BCUT2D eigenvalue weighted by molar-refractivity contribution is 5.75. The summed E-state index contributed by atoms with van der Waals surface area (Å²) < 4.78 is 37.8. The molecule has 0 aliphatic rings. The third kappa shape index (κ3) is 3.68. The first-order valence-electron chi connectivity index (χ1n) is 7.52. The molecule has 3 rings (SSSR count). The topological polar surface area (TPSA) is 57.4 Å². The van der Waals surface area contributed by atoms with Crippen molar-refractivity contribution in [3.63, 3.8) is 0 Å². The molecule has 0 atom stereocenters. The lowest BCUT2D eigenvalue weighted by Gasteiger charge is -2.14. The van der Waals surface area contributed by atoms with E-state index in [4.69, 9.17) is 15.2 Å². The Bertz CT molecular complexity index is 929. The molecule has 2 aromatic carbocycles. The number of ether oxygens (including phenoxy) is 2. The van der Waals surface area contributed by atoms with Crippen molar-refractivity contribution in [3.05, 3.63) is 65.9 Å². The van der Waals surface area contributed by atoms with E-state index < -0.39 is 11.6 Å². The number of pyridine rings is 1. The van der Waals surface area contributed by atoms with E-state index in [1.807, 2.05) is 13.0 Å². The van der Waals surface area contributed by atoms with Crippen molar-refractivity contribution in [2.75, 3.05) is 12.8 Å². The first kappa shape index (κ1) is 16.7. The quantitative estimate of drug-likeness (QED) is 0.697. The van der Waals surface area contributed by atoms with Gasteiger partial charge in [0.15, 0.2) is 11.6 Å². The average Bonchev–Trinajstić information content (AvgIpc) is 2.58. The molecule has 128 valence electrons. The Labute approximate surface area is 143 Å². The van der Waals surface area contributed by atoms with Crippen molar-refractivity contribution in [1.29, 1.82) is 0 Å². The van der Waals surface area contributed by atoms with Crippen LogP contribution in [0.5, 0.6) is 17.4 Å². The van der Waals surface area contributed by atoms with Crippen LogP contribution in [-0.2, 0) is 0 Å². The Morgan fingerprint density at radius 2 is 1.72 bits per heavy atom. The lowest BCUT2D eigenvalue weighted by atomic mass is 10.0. The van der Waals surface area contributed by atoms with Crippen LogP contribution in [0.15, 0.2) is 48.5 Å². The zero-order valence-corrected chi connectivity index (χ0v) is 13.7. The molecule has 0 bridgehead atoms. The molecule has 6 heteroatoms. The van der Waals surface area contributed by atoms with Crippen molar-refractivity contribution in [2.24, 2.45) is 0 Å². The number of nitrogen functional groups attached to an aromatic ring is 1. The van der Waals surface area contributed by atoms with Crippen LogP contribution in [-0.4, -0.2) is 12.1 Å². The van der Waals surface area contributed by atoms with E-state index in [1.165, 1.54) is 13.2 Å². The molecule has 2 N–H and O–H groups in total. The lowest BCUT2D eigenvalue weighted by Crippen LogP contribution is -1.96. The fraction of sp³-hybridized carbons (Fsp3) is 0.105. The number of rotatable bonds is 4. The molecule has 0 saturated carbocycles. The minimum Gasteiger partial charge on any atom is -0.481 e. The molecule has 0 unspecified atom stereocenters. The second-order valence-electron chi connectivity index (χ2n) is 5.47. The smallest absolute Gasteiger partial charge is 0.213 e. The monoisotopic (exact) mass is 342 g/mol. The van der Waals surface area contributed by atoms with Crippen LogP contribution in [0.3, 0.4) is 0 Å². The maximum Gasteiger partial charge on any atom is 0.213 e. The molecule has 3 aromatic rings. The number of methoxy groups -OCH3 is 1. The number of nitrogens with two attached hydrogens (primary N) is 1. The second kappa shape index (κ2) is 6.76. The average molecular weight is 342 g/mol. The highest BCUT2D eigenvalue weighted by Gasteiger charge is 2.13. The Morgan fingerprint density at radius 3 is 2.44 bits per heavy atom. The van der Waals surface area contributed by atoms with Gasteiger partial charge in [-0.1, -0.05) is 0 Å². The molecule has 25 heavy (non-hydrogen) atoms. The van der Waals surface area contributed by atoms with Crippen molar-refractivity contribution in [3.8, 4) is 28.5 Å². The van der Waals surface area contributed by atoms with E-state index in [2.05, 4.69) is 4.98 Å². The SMILES string of the molecule is COc1cc(-c2cc(N)ccc2Oc2ccc(F)cc2F)cc(C)n1. The molecule has 0 fully saturated rings. The summed E-state index contributed by atoms with van der Waals surface area (Å²) >= 11 is 0. The Kier molecular flexibility index (Phi) is 4.52. The third-order valence-electron chi connectivity index (χ3n) is 3.57. The number of nitrogens with zero attached hydrogens (tertiary/aromatic N) is 1. The van der Waals surface area contributed by atoms with Crippen molar-refractivity contribution in [1.82, 2.24) is 4.98 Å². The van der Waals surface area contributed by atoms with Crippen LogP contribution in [0.1, 0.15) is 5.69 Å². The molecule has 0 amide bonds. The van der Waals surface area contributed by atoms with Crippen LogP contribution in [0, 0.1) is 18.6 Å². The Balaban J connectivity index is 2.08. The molecule has 4 nitrogen and oxygen atoms in total. The number of hydrogen-bond donors (Lipinski definition) is 1. The minimum atomic E-state index is -0.786. The molecule has 1 heterocycles. The number of halogens is 2. The van der Waals surface area contributed by atoms with E-state index in [0.717, 1.165) is 23.4 Å². The number of benzene rings is 2. The second-order valence-corrected chi connectivity index (χ2v) is 5.47. The molecule has 0 spiro atoms. The largest absolute Gasteiger partial charge is 0.481 e. The van der Waals surface area contributed by atoms with E-state index >= 15 is 0 Å². The molecule has 0 aliphatic heterocycles. The summed E-state index contributed by atoms with van der Waals surface area (Å²) in [6.07, 6.45) is 0. The fourth-order valence-electron chi connectivity index (χ4n) is 2.44. The van der Waals surface area contributed by atoms with Gasteiger partial charge in [0.25, 0.3) is 0 Å². The fourth-order valence-corrected chi connectivity index (χ4v) is 2.44. The maximum absolute atomic E-state index is 13.9. The van der Waals surface area contributed by atoms with Crippen LogP contribution in [0.25, 0.3) is 11.1 Å². The normalized spacial score (nSPS) is 10.6. The minimum absolute atomic E-state index is 0.0786. The first-order valence-corrected chi connectivity index (χ1v) is 7.52. The van der Waals surface area contributed by atoms with Gasteiger partial charge in [-0.05, 0) is 48.9 Å². The predicted molar refractivity (Wildman–Crippen MR) is 91.8 cm³/mol. The van der Waals surface area contributed by atoms with Gasteiger partial charge in [-0.25, -0.2) is 13.8 Å². The van der Waals surface area contributed by atoms with E-state index in [9.17, 15) is 8.78 Å². The summed E-state index contributed by atoms with van der Waals surface area (Å²) in [6, 6.07) is 11.7. The summed E-state index contributed by atoms with van der Waals surface area (Å²) in [4.78, 5) is 4.24. The summed E-state index contributed by atoms with van der Waals surface area (Å²) in [5.41, 5.74) is 8.56. The van der Waals surface area contributed by atoms with Crippen LogP contribution < -0.4 is 15.2 Å². The standard InChI is InChI=1S/C19H16F2N2O2/c1-11-7-12(8-19(23-11)24-2)15-10-14(22)4-6-17(15)25-18-5-3-13(20)9-16(18)21/h3-10H,22H2,1-2H3. The molecule has 0 aliphatic carbocycles. The summed E-state index contributed by atoms with van der Waals surface area (Å²) in [7, 11) is 1.52. The summed E-state index contributed by atoms with van der Waals surface area (Å²) in [5.74, 6) is -0.711. The maximum atomic E-state index is 13.9. The molecular weight excluding hydrogens is 326 g/mol. The van der Waals surface area contributed by atoms with Gasteiger partial charge in [-0.2, -0.15) is 0 Å². The van der Waals surface area contributed by atoms with Crippen molar-refractivity contribution in [2.45, 2.75) is 6.92 Å². The first-order chi connectivity index (χ1) is 12.0. The zero-order valence-electron chi connectivity index (χ0n) is 13.7. The van der Waals surface area contributed by atoms with Crippen molar-refractivity contribution < 1.29 is 18.3 Å². The van der Waals surface area contributed by atoms with Gasteiger partial charge in [0.2, 0.25) is 5.88 Å². The third-order valence-corrected chi connectivity index (χ3v) is 3.57. The number of anilines is 1. The highest BCUT2D eigenvalue weighted by atomic mass is 19.1. The van der Waals surface area contributed by atoms with Crippen LogP contribution in [0.4, 0.5) is 14.5 Å². The molecule has 0 radical (unpaired) electrons. The summed E-state index contributed by atoms with van der Waals surface area (Å²) in [6.45, 7) is 1.83. The molecule has 0 saturated heterocycles. The summed E-state index contributed by atoms with van der Waals surface area (Å²) in [5, 5.41) is 0. The van der Waals surface area contributed by atoms with Gasteiger partial charge in [-0.3, -0.25) is 0 Å². The van der Waals surface area contributed by atoms with E-state index in [0.29, 0.717) is 22.9 Å². The van der Waals surface area contributed by atoms with Gasteiger partial charge in [-0.15, -0.1) is 0 Å². The molecular formula is C19H16F2N2O2. The van der Waals surface area contributed by atoms with Gasteiger partial charge in [0.05, 0.1) is 7.11 Å². The zero-order chi connectivity index (χ0) is 18.0. The van der Waals surface area contributed by atoms with Gasteiger partial charge < -0.3 is 15.2 Å². The van der Waals surface area contributed by atoms with Crippen molar-refractivity contribution >= 4 is 5.69 Å². The van der Waals surface area contributed by atoms with Gasteiger partial charge in [0.1, 0.15) is 11.6 Å². The van der Waals surface area contributed by atoms with Crippen LogP contribution >= 0.6 is 0 Å². The Morgan fingerprint density at radius 1 is 0.960 bits per heavy atom. The highest BCUT2D eigenvalue weighted by Crippen LogP contribution is 2.37. The van der Waals surface area contributed by atoms with Gasteiger partial charge in [0, 0.05) is 29.1 Å². The number of aromatic nitrogens is 1. The predicted octanol–water partition coefficient (Wildman–Crippen LogP) is 4.72.